The fourth-order valence-corrected chi connectivity index (χ4v) is 3.58. The molecule has 2 aromatic heterocycles. The molecule has 0 aliphatic carbocycles. The number of nitriles is 1. The van der Waals surface area contributed by atoms with E-state index in [-0.39, 0.29) is 11.7 Å². The Balaban J connectivity index is 1.55. The van der Waals surface area contributed by atoms with Gasteiger partial charge in [0.25, 0.3) is 0 Å². The van der Waals surface area contributed by atoms with E-state index in [0.717, 1.165) is 12.2 Å². The van der Waals surface area contributed by atoms with E-state index in [2.05, 4.69) is 21.6 Å². The van der Waals surface area contributed by atoms with Crippen molar-refractivity contribution in [2.24, 2.45) is 7.05 Å². The minimum atomic E-state index is -0.127. The second kappa shape index (κ2) is 7.96. The Morgan fingerprint density at radius 3 is 2.80 bits per heavy atom. The van der Waals surface area contributed by atoms with Crippen molar-refractivity contribution in [3.05, 3.63) is 58.0 Å². The third-order valence-electron chi connectivity index (χ3n) is 3.47. The van der Waals surface area contributed by atoms with E-state index < -0.39 is 0 Å². The Hall–Kier alpha value is -2.63. The van der Waals surface area contributed by atoms with Crippen molar-refractivity contribution in [3.63, 3.8) is 0 Å². The van der Waals surface area contributed by atoms with Crippen molar-refractivity contribution in [2.45, 2.75) is 11.6 Å². The van der Waals surface area contributed by atoms with Crippen molar-refractivity contribution < 1.29 is 4.79 Å². The molecule has 1 N–H and O–H groups in total. The molecule has 0 aliphatic heterocycles. The van der Waals surface area contributed by atoms with Gasteiger partial charge in [0.15, 0.2) is 5.16 Å². The van der Waals surface area contributed by atoms with Gasteiger partial charge >= 0.3 is 0 Å². The molecule has 1 aromatic carbocycles. The van der Waals surface area contributed by atoms with Crippen LogP contribution in [-0.4, -0.2) is 26.4 Å². The molecule has 0 spiro atoms. The zero-order valence-corrected chi connectivity index (χ0v) is 15.1. The van der Waals surface area contributed by atoms with Crippen molar-refractivity contribution in [3.8, 4) is 6.07 Å². The third-order valence-corrected chi connectivity index (χ3v) is 5.36. The molecule has 2 heterocycles. The van der Waals surface area contributed by atoms with Crippen LogP contribution in [0, 0.1) is 11.3 Å². The summed E-state index contributed by atoms with van der Waals surface area (Å²) in [7, 11) is 1.91. The predicted molar refractivity (Wildman–Crippen MR) is 98.6 cm³/mol. The number of aromatic nitrogens is 3. The van der Waals surface area contributed by atoms with Gasteiger partial charge in [-0.3, -0.25) is 4.79 Å². The largest absolute Gasteiger partial charge is 0.325 e. The standard InChI is InChI=1S/C17H15N5OS2/c1-22-15(9-14-3-2-8-24-14)20-21-17(22)25-11-16(23)19-13-6-4-12(10-18)5-7-13/h2-8H,9,11H2,1H3,(H,19,23). The van der Waals surface area contributed by atoms with Gasteiger partial charge in [-0.2, -0.15) is 5.26 Å². The van der Waals surface area contributed by atoms with Crippen LogP contribution < -0.4 is 5.32 Å². The first-order valence-corrected chi connectivity index (χ1v) is 9.35. The van der Waals surface area contributed by atoms with Crippen LogP contribution in [-0.2, 0) is 18.3 Å². The van der Waals surface area contributed by atoms with Crippen LogP contribution in [0.15, 0.2) is 46.9 Å². The summed E-state index contributed by atoms with van der Waals surface area (Å²) in [5.74, 6) is 0.986. The first-order valence-electron chi connectivity index (χ1n) is 7.49. The number of nitrogens with zero attached hydrogens (tertiary/aromatic N) is 4. The van der Waals surface area contributed by atoms with Gasteiger partial charge in [-0.15, -0.1) is 21.5 Å². The summed E-state index contributed by atoms with van der Waals surface area (Å²) in [6, 6.07) is 12.9. The molecule has 0 bridgehead atoms. The number of carbonyl (C=O) groups excluding carboxylic acids is 1. The SMILES string of the molecule is Cn1c(Cc2cccs2)nnc1SCC(=O)Nc1ccc(C#N)cc1. The quantitative estimate of drug-likeness (QED) is 0.675. The summed E-state index contributed by atoms with van der Waals surface area (Å²) in [4.78, 5) is 13.3. The molecule has 0 radical (unpaired) electrons. The topological polar surface area (TPSA) is 83.6 Å². The summed E-state index contributed by atoms with van der Waals surface area (Å²) in [6.45, 7) is 0. The van der Waals surface area contributed by atoms with Gasteiger partial charge in [-0.1, -0.05) is 17.8 Å². The van der Waals surface area contributed by atoms with E-state index in [1.54, 1.807) is 35.6 Å². The second-order valence-electron chi connectivity index (χ2n) is 5.24. The Kier molecular flexibility index (Phi) is 5.48. The van der Waals surface area contributed by atoms with E-state index in [1.807, 2.05) is 29.1 Å². The monoisotopic (exact) mass is 369 g/mol. The van der Waals surface area contributed by atoms with Crippen molar-refractivity contribution in [2.75, 3.05) is 11.1 Å². The van der Waals surface area contributed by atoms with E-state index in [9.17, 15) is 4.79 Å². The van der Waals surface area contributed by atoms with Gasteiger partial charge in [0, 0.05) is 24.0 Å². The first-order chi connectivity index (χ1) is 12.2. The highest BCUT2D eigenvalue weighted by molar-refractivity contribution is 7.99. The van der Waals surface area contributed by atoms with Crippen LogP contribution >= 0.6 is 23.1 Å². The van der Waals surface area contributed by atoms with Crippen LogP contribution in [0.25, 0.3) is 0 Å². The summed E-state index contributed by atoms with van der Waals surface area (Å²) in [5.41, 5.74) is 1.23. The van der Waals surface area contributed by atoms with Crippen LogP contribution in [0.2, 0.25) is 0 Å². The molecule has 0 saturated heterocycles. The summed E-state index contributed by atoms with van der Waals surface area (Å²) >= 11 is 3.03. The molecule has 1 amide bonds. The van der Waals surface area contributed by atoms with E-state index in [0.29, 0.717) is 16.4 Å². The summed E-state index contributed by atoms with van der Waals surface area (Å²) in [6.07, 6.45) is 0.735. The number of rotatable bonds is 6. The molecule has 3 rings (SSSR count). The average molecular weight is 369 g/mol. The van der Waals surface area contributed by atoms with Gasteiger partial charge < -0.3 is 9.88 Å². The zero-order valence-electron chi connectivity index (χ0n) is 13.5. The Morgan fingerprint density at radius 1 is 1.32 bits per heavy atom. The number of thiophene rings is 1. The first kappa shape index (κ1) is 17.2. The van der Waals surface area contributed by atoms with Crippen LogP contribution in [0.3, 0.4) is 0 Å². The van der Waals surface area contributed by atoms with Crippen molar-refractivity contribution >= 4 is 34.7 Å². The summed E-state index contributed by atoms with van der Waals surface area (Å²) < 4.78 is 1.92. The molecular formula is C17H15N5OS2. The molecule has 3 aromatic rings. The number of hydrogen-bond donors (Lipinski definition) is 1. The second-order valence-corrected chi connectivity index (χ2v) is 7.21. The van der Waals surface area contributed by atoms with Crippen LogP contribution in [0.4, 0.5) is 5.69 Å². The van der Waals surface area contributed by atoms with Gasteiger partial charge in [0.05, 0.1) is 17.4 Å². The lowest BCUT2D eigenvalue weighted by molar-refractivity contribution is -0.113. The molecule has 0 atom stereocenters. The Labute approximate surface area is 153 Å². The van der Waals surface area contributed by atoms with Crippen molar-refractivity contribution in [1.29, 1.82) is 5.26 Å². The lowest BCUT2D eigenvalue weighted by Gasteiger charge is -2.05. The molecule has 126 valence electrons. The van der Waals surface area contributed by atoms with Gasteiger partial charge in [0.2, 0.25) is 5.91 Å². The van der Waals surface area contributed by atoms with E-state index in [1.165, 1.54) is 16.6 Å². The fraction of sp³-hybridized carbons (Fsp3) is 0.176. The van der Waals surface area contributed by atoms with Gasteiger partial charge in [-0.05, 0) is 35.7 Å². The number of carbonyl (C=O) groups is 1. The summed E-state index contributed by atoms with van der Waals surface area (Å²) in [5, 5.41) is 22.7. The van der Waals surface area contributed by atoms with Crippen LogP contribution in [0.5, 0.6) is 0 Å². The molecule has 0 saturated carbocycles. The van der Waals surface area contributed by atoms with Crippen molar-refractivity contribution in [1.82, 2.24) is 14.8 Å². The highest BCUT2D eigenvalue weighted by Crippen LogP contribution is 2.19. The van der Waals surface area contributed by atoms with Gasteiger partial charge in [-0.25, -0.2) is 0 Å². The zero-order chi connectivity index (χ0) is 17.6. The molecule has 0 aliphatic rings. The number of thioether (sulfide) groups is 1. The normalized spacial score (nSPS) is 10.4. The molecule has 6 nitrogen and oxygen atoms in total. The Bertz CT molecular complexity index is 894. The van der Waals surface area contributed by atoms with E-state index >= 15 is 0 Å². The molecule has 0 fully saturated rings. The highest BCUT2D eigenvalue weighted by Gasteiger charge is 2.12. The molecule has 0 unspecified atom stereocenters. The maximum absolute atomic E-state index is 12.1. The van der Waals surface area contributed by atoms with E-state index in [4.69, 9.17) is 5.26 Å². The average Bonchev–Trinajstić information content (AvgIpc) is 3.25. The number of benzene rings is 1. The Morgan fingerprint density at radius 2 is 2.12 bits per heavy atom. The lowest BCUT2D eigenvalue weighted by Crippen LogP contribution is -2.14. The number of amides is 1. The fourth-order valence-electron chi connectivity index (χ4n) is 2.15. The maximum Gasteiger partial charge on any atom is 0.234 e. The number of nitrogens with one attached hydrogen (secondary N) is 1. The molecule has 8 heteroatoms. The number of hydrogen-bond acceptors (Lipinski definition) is 6. The highest BCUT2D eigenvalue weighted by atomic mass is 32.2. The lowest BCUT2D eigenvalue weighted by atomic mass is 10.2. The number of anilines is 1. The molecular weight excluding hydrogens is 354 g/mol. The minimum absolute atomic E-state index is 0.127. The van der Waals surface area contributed by atoms with Crippen LogP contribution in [0.1, 0.15) is 16.3 Å². The smallest absolute Gasteiger partial charge is 0.234 e. The molecule has 25 heavy (non-hydrogen) atoms. The predicted octanol–water partition coefficient (Wildman–Crippen LogP) is 3.07. The maximum atomic E-state index is 12.1. The minimum Gasteiger partial charge on any atom is -0.325 e. The van der Waals surface area contributed by atoms with Gasteiger partial charge in [0.1, 0.15) is 5.82 Å². The third kappa shape index (κ3) is 4.47.